The highest BCUT2D eigenvalue weighted by Gasteiger charge is 2.20. The van der Waals surface area contributed by atoms with E-state index in [-0.39, 0.29) is 15.5 Å². The van der Waals surface area contributed by atoms with Crippen LogP contribution in [0.1, 0.15) is 31.4 Å². The number of fused-ring (bicyclic) bond motifs is 1. The third-order valence-corrected chi connectivity index (χ3v) is 5.06. The maximum absolute atomic E-state index is 11.4. The van der Waals surface area contributed by atoms with Gasteiger partial charge < -0.3 is 15.5 Å². The molecule has 0 spiro atoms. The van der Waals surface area contributed by atoms with Gasteiger partial charge in [0.1, 0.15) is 21.3 Å². The molecule has 0 fully saturated rings. The average molecular weight is 378 g/mol. The van der Waals surface area contributed by atoms with Crippen molar-refractivity contribution in [2.24, 2.45) is 0 Å². The highest BCUT2D eigenvalue weighted by atomic mass is 35.5. The maximum Gasteiger partial charge on any atom is 0.346 e. The van der Waals surface area contributed by atoms with E-state index in [0.717, 1.165) is 11.3 Å². The Hall–Kier alpha value is -2.71. The largest absolute Gasteiger partial charge is 0.478 e. The van der Waals surface area contributed by atoms with E-state index < -0.39 is 11.9 Å². The van der Waals surface area contributed by atoms with Gasteiger partial charge in [0.25, 0.3) is 0 Å². The second kappa shape index (κ2) is 6.30. The van der Waals surface area contributed by atoms with Crippen LogP contribution in [0.5, 0.6) is 0 Å². The first kappa shape index (κ1) is 17.1. The second-order valence-corrected chi connectivity index (χ2v) is 6.69. The maximum atomic E-state index is 11.4. The van der Waals surface area contributed by atoms with Crippen molar-refractivity contribution in [3.63, 3.8) is 0 Å². The summed E-state index contributed by atoms with van der Waals surface area (Å²) in [4.78, 5) is 32.0. The molecular formula is C16H12ClN3O4S. The van der Waals surface area contributed by atoms with E-state index in [1.54, 1.807) is 19.9 Å². The summed E-state index contributed by atoms with van der Waals surface area (Å²) in [5.74, 6) is -1.27. The summed E-state index contributed by atoms with van der Waals surface area (Å²) < 4.78 is 0. The lowest BCUT2D eigenvalue weighted by Gasteiger charge is -2.10. The van der Waals surface area contributed by atoms with E-state index >= 15 is 0 Å². The fourth-order valence-electron chi connectivity index (χ4n) is 2.44. The van der Waals surface area contributed by atoms with Crippen molar-refractivity contribution >= 4 is 56.6 Å². The van der Waals surface area contributed by atoms with Crippen LogP contribution in [0.3, 0.4) is 0 Å². The predicted octanol–water partition coefficient (Wildman–Crippen LogP) is 4.10. The van der Waals surface area contributed by atoms with Gasteiger partial charge in [-0.2, -0.15) is 0 Å². The van der Waals surface area contributed by atoms with Crippen molar-refractivity contribution in [2.75, 3.05) is 5.32 Å². The topological polar surface area (TPSA) is 112 Å². The number of rotatable bonds is 4. The highest BCUT2D eigenvalue weighted by molar-refractivity contribution is 7.20. The molecule has 25 heavy (non-hydrogen) atoms. The zero-order valence-electron chi connectivity index (χ0n) is 13.1. The lowest BCUT2D eigenvalue weighted by atomic mass is 10.1. The Bertz CT molecular complexity index is 1030. The van der Waals surface area contributed by atoms with Crippen LogP contribution in [-0.2, 0) is 0 Å². The molecule has 0 aliphatic carbocycles. The van der Waals surface area contributed by atoms with Crippen LogP contribution < -0.4 is 5.32 Å². The Balaban J connectivity index is 2.14. The van der Waals surface area contributed by atoms with Gasteiger partial charge in [0, 0.05) is 5.69 Å². The first-order chi connectivity index (χ1) is 11.8. The minimum Gasteiger partial charge on any atom is -0.478 e. The van der Waals surface area contributed by atoms with Crippen LogP contribution in [0.25, 0.3) is 10.2 Å². The van der Waals surface area contributed by atoms with Crippen LogP contribution in [-0.4, -0.2) is 32.1 Å². The Morgan fingerprint density at radius 2 is 1.88 bits per heavy atom. The fourth-order valence-corrected chi connectivity index (χ4v) is 3.71. The van der Waals surface area contributed by atoms with Gasteiger partial charge in [0.05, 0.1) is 16.0 Å². The van der Waals surface area contributed by atoms with Gasteiger partial charge in [-0.3, -0.25) is 0 Å². The molecule has 3 rings (SSSR count). The number of aromatic carboxylic acids is 2. The molecule has 0 saturated heterocycles. The SMILES string of the molecule is Cc1nc(Nc2ccc(Cl)c(C(=O)O)c2)c2c(C)c(C(=O)O)sc2n1. The third-order valence-electron chi connectivity index (χ3n) is 3.56. The molecule has 3 aromatic rings. The van der Waals surface area contributed by atoms with E-state index in [1.165, 1.54) is 12.1 Å². The van der Waals surface area contributed by atoms with Gasteiger partial charge in [-0.15, -0.1) is 11.3 Å². The summed E-state index contributed by atoms with van der Waals surface area (Å²) in [6, 6.07) is 4.49. The smallest absolute Gasteiger partial charge is 0.346 e. The summed E-state index contributed by atoms with van der Waals surface area (Å²) in [6.45, 7) is 3.39. The monoisotopic (exact) mass is 377 g/mol. The zero-order chi connectivity index (χ0) is 18.3. The molecule has 0 saturated carbocycles. The molecule has 128 valence electrons. The first-order valence-electron chi connectivity index (χ1n) is 7.09. The molecule has 1 aromatic carbocycles. The van der Waals surface area contributed by atoms with E-state index in [4.69, 9.17) is 11.6 Å². The van der Waals surface area contributed by atoms with E-state index in [1.807, 2.05) is 0 Å². The molecule has 0 radical (unpaired) electrons. The fraction of sp³-hybridized carbons (Fsp3) is 0.125. The quantitative estimate of drug-likeness (QED) is 0.627. The minimum absolute atomic E-state index is 0.0399. The van der Waals surface area contributed by atoms with Crippen molar-refractivity contribution in [2.45, 2.75) is 13.8 Å². The Morgan fingerprint density at radius 3 is 2.52 bits per heavy atom. The molecule has 9 heteroatoms. The lowest BCUT2D eigenvalue weighted by Crippen LogP contribution is -2.02. The van der Waals surface area contributed by atoms with Gasteiger partial charge >= 0.3 is 11.9 Å². The standard InChI is InChI=1S/C16H12ClN3O4S/c1-6-11-13(18-7(2)19-14(11)25-12(6)16(23)24)20-8-3-4-10(17)9(5-8)15(21)22/h3-5H,1-2H3,(H,21,22)(H,23,24)(H,18,19,20). The summed E-state index contributed by atoms with van der Waals surface area (Å²) in [5.41, 5.74) is 0.994. The normalized spacial score (nSPS) is 10.8. The molecular weight excluding hydrogens is 366 g/mol. The molecule has 0 amide bonds. The van der Waals surface area contributed by atoms with Crippen LogP contribution in [0.2, 0.25) is 5.02 Å². The van der Waals surface area contributed by atoms with E-state index in [9.17, 15) is 19.8 Å². The number of carboxylic acid groups (broad SMARTS) is 2. The molecule has 0 atom stereocenters. The van der Waals surface area contributed by atoms with Crippen molar-refractivity contribution in [3.05, 3.63) is 45.1 Å². The van der Waals surface area contributed by atoms with Gasteiger partial charge in [0.2, 0.25) is 0 Å². The Morgan fingerprint density at radius 1 is 1.16 bits per heavy atom. The summed E-state index contributed by atoms with van der Waals surface area (Å²) in [6.07, 6.45) is 0. The van der Waals surface area contributed by atoms with Crippen molar-refractivity contribution in [1.29, 1.82) is 0 Å². The molecule has 2 aromatic heterocycles. The number of hydrogen-bond donors (Lipinski definition) is 3. The number of halogens is 1. The Labute approximate surface area is 150 Å². The van der Waals surface area contributed by atoms with Crippen molar-refractivity contribution < 1.29 is 19.8 Å². The third kappa shape index (κ3) is 3.13. The summed E-state index contributed by atoms with van der Waals surface area (Å²) in [7, 11) is 0. The van der Waals surface area contributed by atoms with Crippen molar-refractivity contribution in [3.8, 4) is 0 Å². The average Bonchev–Trinajstić information content (AvgIpc) is 2.86. The molecule has 7 nitrogen and oxygen atoms in total. The number of benzene rings is 1. The van der Waals surface area contributed by atoms with Gasteiger partial charge in [-0.25, -0.2) is 19.6 Å². The molecule has 2 heterocycles. The number of anilines is 2. The highest BCUT2D eigenvalue weighted by Crippen LogP contribution is 2.35. The lowest BCUT2D eigenvalue weighted by molar-refractivity contribution is 0.0688. The number of aryl methyl sites for hydroxylation is 2. The summed E-state index contributed by atoms with van der Waals surface area (Å²) in [5, 5.41) is 22.3. The summed E-state index contributed by atoms with van der Waals surface area (Å²) >= 11 is 6.96. The van der Waals surface area contributed by atoms with E-state index in [2.05, 4.69) is 15.3 Å². The molecule has 3 N–H and O–H groups in total. The van der Waals surface area contributed by atoms with Crippen LogP contribution in [0.15, 0.2) is 18.2 Å². The molecule has 0 bridgehead atoms. The number of nitrogens with zero attached hydrogens (tertiary/aromatic N) is 2. The van der Waals surface area contributed by atoms with Gasteiger partial charge in [-0.1, -0.05) is 11.6 Å². The van der Waals surface area contributed by atoms with Crippen LogP contribution >= 0.6 is 22.9 Å². The zero-order valence-corrected chi connectivity index (χ0v) is 14.7. The number of thiophene rings is 1. The number of hydrogen-bond acceptors (Lipinski definition) is 6. The first-order valence-corrected chi connectivity index (χ1v) is 8.28. The van der Waals surface area contributed by atoms with Gasteiger partial charge in [0.15, 0.2) is 0 Å². The van der Waals surface area contributed by atoms with Crippen LogP contribution in [0, 0.1) is 13.8 Å². The van der Waals surface area contributed by atoms with Gasteiger partial charge in [-0.05, 0) is 37.6 Å². The van der Waals surface area contributed by atoms with Crippen molar-refractivity contribution in [1.82, 2.24) is 9.97 Å². The minimum atomic E-state index is -1.14. The number of carbonyl (C=O) groups is 2. The molecule has 0 aliphatic rings. The second-order valence-electron chi connectivity index (χ2n) is 5.29. The Kier molecular flexibility index (Phi) is 4.32. The van der Waals surface area contributed by atoms with Crippen LogP contribution in [0.4, 0.5) is 11.5 Å². The number of carboxylic acids is 2. The number of nitrogens with one attached hydrogen (secondary N) is 1. The van der Waals surface area contributed by atoms with E-state index in [0.29, 0.717) is 33.1 Å². The molecule has 0 aliphatic heterocycles. The predicted molar refractivity (Wildman–Crippen MR) is 95.5 cm³/mol. The molecule has 0 unspecified atom stereocenters. The number of aromatic nitrogens is 2.